The average molecular weight is 170 g/mol. The SMILES string of the molecule is CNCCN1CC(C)CCC1C. The Morgan fingerprint density at radius 2 is 2.08 bits per heavy atom. The van der Waals surface area contributed by atoms with Crippen LogP contribution in [0.2, 0.25) is 0 Å². The maximum Gasteiger partial charge on any atom is 0.0110 e. The zero-order valence-corrected chi connectivity index (χ0v) is 8.64. The number of hydrogen-bond donors (Lipinski definition) is 1. The molecule has 0 aromatic heterocycles. The maximum absolute atomic E-state index is 3.21. The summed E-state index contributed by atoms with van der Waals surface area (Å²) in [6, 6.07) is 0.801. The molecule has 1 saturated heterocycles. The van der Waals surface area contributed by atoms with E-state index < -0.39 is 0 Å². The zero-order valence-electron chi connectivity index (χ0n) is 8.64. The van der Waals surface area contributed by atoms with E-state index in [2.05, 4.69) is 24.1 Å². The number of nitrogens with zero attached hydrogens (tertiary/aromatic N) is 1. The molecule has 1 aliphatic heterocycles. The van der Waals surface area contributed by atoms with Gasteiger partial charge in [-0.1, -0.05) is 6.92 Å². The lowest BCUT2D eigenvalue weighted by atomic mass is 9.95. The molecule has 0 bridgehead atoms. The normalized spacial score (nSPS) is 32.2. The third kappa shape index (κ3) is 2.76. The van der Waals surface area contributed by atoms with Gasteiger partial charge in [0.15, 0.2) is 0 Å². The van der Waals surface area contributed by atoms with Gasteiger partial charge in [0.1, 0.15) is 0 Å². The van der Waals surface area contributed by atoms with Gasteiger partial charge in [0, 0.05) is 25.7 Å². The van der Waals surface area contributed by atoms with Crippen LogP contribution in [0.25, 0.3) is 0 Å². The first-order chi connectivity index (χ1) is 5.74. The Balaban J connectivity index is 2.28. The first-order valence-electron chi connectivity index (χ1n) is 5.12. The third-order valence-corrected chi connectivity index (χ3v) is 2.90. The predicted molar refractivity (Wildman–Crippen MR) is 53.4 cm³/mol. The molecule has 0 aromatic carbocycles. The molecule has 1 N–H and O–H groups in total. The molecule has 0 saturated carbocycles. The van der Waals surface area contributed by atoms with Crippen LogP contribution in [-0.4, -0.2) is 37.6 Å². The first kappa shape index (κ1) is 10.0. The fourth-order valence-corrected chi connectivity index (χ4v) is 1.95. The maximum atomic E-state index is 3.21. The van der Waals surface area contributed by atoms with E-state index in [1.807, 2.05) is 7.05 Å². The molecule has 0 aromatic rings. The fourth-order valence-electron chi connectivity index (χ4n) is 1.95. The first-order valence-corrected chi connectivity index (χ1v) is 5.12. The minimum atomic E-state index is 0.801. The summed E-state index contributed by atoms with van der Waals surface area (Å²) in [5.74, 6) is 0.901. The third-order valence-electron chi connectivity index (χ3n) is 2.90. The minimum absolute atomic E-state index is 0.801. The summed E-state index contributed by atoms with van der Waals surface area (Å²) in [6.07, 6.45) is 2.79. The molecule has 0 amide bonds. The summed E-state index contributed by atoms with van der Waals surface area (Å²) in [5, 5.41) is 3.21. The molecule has 1 aliphatic rings. The highest BCUT2D eigenvalue weighted by molar-refractivity contribution is 4.76. The van der Waals surface area contributed by atoms with Crippen molar-refractivity contribution in [3.63, 3.8) is 0 Å². The number of nitrogens with one attached hydrogen (secondary N) is 1. The lowest BCUT2D eigenvalue weighted by molar-refractivity contribution is 0.126. The summed E-state index contributed by atoms with van der Waals surface area (Å²) in [5.41, 5.74) is 0. The van der Waals surface area contributed by atoms with Gasteiger partial charge in [0.05, 0.1) is 0 Å². The second-order valence-corrected chi connectivity index (χ2v) is 4.13. The Morgan fingerprint density at radius 3 is 2.75 bits per heavy atom. The summed E-state index contributed by atoms with van der Waals surface area (Å²) < 4.78 is 0. The van der Waals surface area contributed by atoms with Gasteiger partial charge >= 0.3 is 0 Å². The second kappa shape index (κ2) is 4.83. The molecule has 0 spiro atoms. The van der Waals surface area contributed by atoms with E-state index in [1.54, 1.807) is 0 Å². The minimum Gasteiger partial charge on any atom is -0.318 e. The largest absolute Gasteiger partial charge is 0.318 e. The lowest BCUT2D eigenvalue weighted by Crippen LogP contribution is -2.43. The van der Waals surface area contributed by atoms with Crippen molar-refractivity contribution in [3.05, 3.63) is 0 Å². The second-order valence-electron chi connectivity index (χ2n) is 4.13. The summed E-state index contributed by atoms with van der Waals surface area (Å²) in [6.45, 7) is 8.34. The predicted octanol–water partition coefficient (Wildman–Crippen LogP) is 1.33. The molecule has 0 aliphatic carbocycles. The van der Waals surface area contributed by atoms with Gasteiger partial charge < -0.3 is 5.32 Å². The van der Waals surface area contributed by atoms with Crippen LogP contribution in [0.15, 0.2) is 0 Å². The number of likely N-dealkylation sites (tertiary alicyclic amines) is 1. The average Bonchev–Trinajstić information content (AvgIpc) is 2.07. The fraction of sp³-hybridized carbons (Fsp3) is 1.00. The molecule has 72 valence electrons. The van der Waals surface area contributed by atoms with Crippen LogP contribution in [0.5, 0.6) is 0 Å². The van der Waals surface area contributed by atoms with E-state index in [4.69, 9.17) is 0 Å². The molecule has 12 heavy (non-hydrogen) atoms. The quantitative estimate of drug-likeness (QED) is 0.687. The monoisotopic (exact) mass is 170 g/mol. The van der Waals surface area contributed by atoms with E-state index in [0.29, 0.717) is 0 Å². The van der Waals surface area contributed by atoms with Gasteiger partial charge in [-0.3, -0.25) is 4.90 Å². The Bertz CT molecular complexity index is 125. The van der Waals surface area contributed by atoms with Crippen molar-refractivity contribution >= 4 is 0 Å². The van der Waals surface area contributed by atoms with Crippen molar-refractivity contribution < 1.29 is 0 Å². The van der Waals surface area contributed by atoms with Crippen molar-refractivity contribution in [3.8, 4) is 0 Å². The molecule has 2 atom stereocenters. The van der Waals surface area contributed by atoms with E-state index in [-0.39, 0.29) is 0 Å². The highest BCUT2D eigenvalue weighted by Crippen LogP contribution is 2.20. The van der Waals surface area contributed by atoms with Gasteiger partial charge in [0.2, 0.25) is 0 Å². The summed E-state index contributed by atoms with van der Waals surface area (Å²) >= 11 is 0. The molecular weight excluding hydrogens is 148 g/mol. The van der Waals surface area contributed by atoms with E-state index in [0.717, 1.165) is 18.5 Å². The molecule has 2 unspecified atom stereocenters. The van der Waals surface area contributed by atoms with Crippen LogP contribution < -0.4 is 5.32 Å². The highest BCUT2D eigenvalue weighted by atomic mass is 15.2. The van der Waals surface area contributed by atoms with Crippen LogP contribution in [0, 0.1) is 5.92 Å². The van der Waals surface area contributed by atoms with E-state index in [1.165, 1.54) is 25.9 Å². The van der Waals surface area contributed by atoms with Crippen molar-refractivity contribution in [2.24, 2.45) is 5.92 Å². The standard InChI is InChI=1S/C10H22N2/c1-9-4-5-10(2)12(8-9)7-6-11-3/h9-11H,4-8H2,1-3H3. The summed E-state index contributed by atoms with van der Waals surface area (Å²) in [7, 11) is 2.03. The molecule has 1 fully saturated rings. The van der Waals surface area contributed by atoms with Gasteiger partial charge in [-0.2, -0.15) is 0 Å². The van der Waals surface area contributed by atoms with Crippen molar-refractivity contribution in [1.82, 2.24) is 10.2 Å². The molecule has 1 rings (SSSR count). The Morgan fingerprint density at radius 1 is 1.33 bits per heavy atom. The number of piperidine rings is 1. The van der Waals surface area contributed by atoms with E-state index in [9.17, 15) is 0 Å². The topological polar surface area (TPSA) is 15.3 Å². The lowest BCUT2D eigenvalue weighted by Gasteiger charge is -2.36. The molecular formula is C10H22N2. The van der Waals surface area contributed by atoms with Gasteiger partial charge in [-0.05, 0) is 32.7 Å². The Hall–Kier alpha value is -0.0800. The van der Waals surface area contributed by atoms with Gasteiger partial charge in [0.25, 0.3) is 0 Å². The van der Waals surface area contributed by atoms with Crippen molar-refractivity contribution in [1.29, 1.82) is 0 Å². The Labute approximate surface area is 76.3 Å². The number of likely N-dealkylation sites (N-methyl/N-ethyl adjacent to an activating group) is 1. The van der Waals surface area contributed by atoms with Crippen molar-refractivity contribution in [2.45, 2.75) is 32.7 Å². The van der Waals surface area contributed by atoms with Crippen LogP contribution >= 0.6 is 0 Å². The van der Waals surface area contributed by atoms with Crippen LogP contribution in [0.4, 0.5) is 0 Å². The highest BCUT2D eigenvalue weighted by Gasteiger charge is 2.21. The number of hydrogen-bond acceptors (Lipinski definition) is 2. The van der Waals surface area contributed by atoms with Crippen molar-refractivity contribution in [2.75, 3.05) is 26.7 Å². The molecule has 1 heterocycles. The van der Waals surface area contributed by atoms with Crippen LogP contribution in [-0.2, 0) is 0 Å². The van der Waals surface area contributed by atoms with Gasteiger partial charge in [-0.25, -0.2) is 0 Å². The van der Waals surface area contributed by atoms with Crippen LogP contribution in [0.3, 0.4) is 0 Å². The van der Waals surface area contributed by atoms with Crippen LogP contribution in [0.1, 0.15) is 26.7 Å². The number of rotatable bonds is 3. The van der Waals surface area contributed by atoms with Gasteiger partial charge in [-0.15, -0.1) is 0 Å². The Kier molecular flexibility index (Phi) is 4.02. The molecule has 2 heteroatoms. The summed E-state index contributed by atoms with van der Waals surface area (Å²) in [4.78, 5) is 2.60. The zero-order chi connectivity index (χ0) is 8.97. The molecule has 2 nitrogen and oxygen atoms in total. The smallest absolute Gasteiger partial charge is 0.0110 e. The van der Waals surface area contributed by atoms with E-state index >= 15 is 0 Å². The molecule has 0 radical (unpaired) electrons.